The molecule has 1 N–H and O–H groups in total. The average Bonchev–Trinajstić information content (AvgIpc) is 3.02. The summed E-state index contributed by atoms with van der Waals surface area (Å²) < 4.78 is 43.4. The summed E-state index contributed by atoms with van der Waals surface area (Å²) >= 11 is 0. The molecule has 11 heteroatoms. The molecule has 4 rings (SSSR count). The second-order valence-corrected chi connectivity index (χ2v) is 7.85. The Bertz CT molecular complexity index is 1550. The lowest BCUT2D eigenvalue weighted by Gasteiger charge is -2.13. The minimum Gasteiger partial charge on any atom is -0.314 e. The zero-order valence-corrected chi connectivity index (χ0v) is 18.9. The quantitative estimate of drug-likeness (QED) is 0.480. The number of para-hydroxylation sites is 1. The van der Waals surface area contributed by atoms with Crippen LogP contribution in [0.1, 0.15) is 27.4 Å². The summed E-state index contributed by atoms with van der Waals surface area (Å²) in [5.74, 6) is -0.957. The molecule has 0 radical (unpaired) electrons. The number of hydrogen-bond donors (Lipinski definition) is 1. The predicted molar refractivity (Wildman–Crippen MR) is 123 cm³/mol. The number of amides is 1. The van der Waals surface area contributed by atoms with Crippen LogP contribution in [0.2, 0.25) is 0 Å². The van der Waals surface area contributed by atoms with E-state index in [-0.39, 0.29) is 17.1 Å². The van der Waals surface area contributed by atoms with Crippen molar-refractivity contribution in [1.82, 2.24) is 19.1 Å². The molecular formula is C24H20F3N5O3. The summed E-state index contributed by atoms with van der Waals surface area (Å²) in [5, 5.41) is 6.47. The molecule has 0 aliphatic rings. The van der Waals surface area contributed by atoms with Crippen LogP contribution in [-0.2, 0) is 13.2 Å². The number of carbonyl (C=O) groups is 1. The Hall–Kier alpha value is -4.41. The van der Waals surface area contributed by atoms with Gasteiger partial charge in [-0.15, -0.1) is 0 Å². The predicted octanol–water partition coefficient (Wildman–Crippen LogP) is 3.61. The van der Waals surface area contributed by atoms with E-state index in [9.17, 15) is 27.6 Å². The standard InChI is InChI=1S/C24H20F3N5O3/c1-14-12-19(33)21(29-31(14)18-11-7-8-16(13-18)24(25,26)27)22(34)28-20-15(2)30(3)32(23(20)35)17-9-5-4-6-10-17/h4-13H,1-3H3,(H,28,34). The summed E-state index contributed by atoms with van der Waals surface area (Å²) in [5.41, 5.74) is -1.52. The van der Waals surface area contributed by atoms with Gasteiger partial charge in [0.05, 0.1) is 22.6 Å². The van der Waals surface area contributed by atoms with Crippen molar-refractivity contribution < 1.29 is 18.0 Å². The second kappa shape index (κ2) is 8.75. The number of rotatable bonds is 4. The van der Waals surface area contributed by atoms with Gasteiger partial charge in [-0.2, -0.15) is 18.3 Å². The maximum atomic E-state index is 13.2. The van der Waals surface area contributed by atoms with Gasteiger partial charge in [0.1, 0.15) is 5.69 Å². The van der Waals surface area contributed by atoms with Crippen LogP contribution < -0.4 is 16.3 Å². The van der Waals surface area contributed by atoms with Gasteiger partial charge in [0.15, 0.2) is 5.69 Å². The number of halogens is 3. The van der Waals surface area contributed by atoms with E-state index < -0.39 is 34.3 Å². The summed E-state index contributed by atoms with van der Waals surface area (Å²) in [7, 11) is 1.64. The molecule has 2 aromatic heterocycles. The Morgan fingerprint density at radius 3 is 2.26 bits per heavy atom. The summed E-state index contributed by atoms with van der Waals surface area (Å²) in [6, 6.07) is 14.2. The van der Waals surface area contributed by atoms with E-state index in [1.54, 1.807) is 49.0 Å². The molecule has 2 heterocycles. The highest BCUT2D eigenvalue weighted by atomic mass is 19.4. The number of carbonyl (C=O) groups excluding carboxylic acids is 1. The molecule has 1 amide bonds. The van der Waals surface area contributed by atoms with Gasteiger partial charge in [0, 0.05) is 18.8 Å². The van der Waals surface area contributed by atoms with Crippen LogP contribution in [0.15, 0.2) is 70.3 Å². The molecule has 35 heavy (non-hydrogen) atoms. The van der Waals surface area contributed by atoms with Gasteiger partial charge in [-0.3, -0.25) is 19.1 Å². The first-order valence-corrected chi connectivity index (χ1v) is 10.4. The Kier molecular flexibility index (Phi) is 5.93. The van der Waals surface area contributed by atoms with Gasteiger partial charge in [0.2, 0.25) is 5.43 Å². The van der Waals surface area contributed by atoms with Crippen molar-refractivity contribution in [2.45, 2.75) is 20.0 Å². The maximum Gasteiger partial charge on any atom is 0.416 e. The van der Waals surface area contributed by atoms with Crippen molar-refractivity contribution in [3.63, 3.8) is 0 Å². The van der Waals surface area contributed by atoms with E-state index in [4.69, 9.17) is 0 Å². The van der Waals surface area contributed by atoms with Crippen LogP contribution in [0, 0.1) is 13.8 Å². The number of alkyl halides is 3. The molecule has 0 atom stereocenters. The number of anilines is 1. The van der Waals surface area contributed by atoms with Crippen LogP contribution in [-0.4, -0.2) is 25.1 Å². The molecule has 0 saturated heterocycles. The van der Waals surface area contributed by atoms with Crippen molar-refractivity contribution in [3.8, 4) is 11.4 Å². The van der Waals surface area contributed by atoms with Gasteiger partial charge < -0.3 is 5.32 Å². The number of aromatic nitrogens is 4. The minimum atomic E-state index is -4.58. The first-order valence-electron chi connectivity index (χ1n) is 10.4. The Morgan fingerprint density at radius 2 is 1.60 bits per heavy atom. The molecule has 180 valence electrons. The zero-order chi connectivity index (χ0) is 25.5. The highest BCUT2D eigenvalue weighted by Crippen LogP contribution is 2.30. The van der Waals surface area contributed by atoms with E-state index in [0.717, 1.165) is 22.9 Å². The monoisotopic (exact) mass is 483 g/mol. The summed E-state index contributed by atoms with van der Waals surface area (Å²) in [6.07, 6.45) is -4.58. The van der Waals surface area contributed by atoms with Crippen molar-refractivity contribution in [1.29, 1.82) is 0 Å². The van der Waals surface area contributed by atoms with E-state index in [0.29, 0.717) is 11.4 Å². The third-order valence-electron chi connectivity index (χ3n) is 5.53. The highest BCUT2D eigenvalue weighted by molar-refractivity contribution is 6.03. The first kappa shape index (κ1) is 23.7. The van der Waals surface area contributed by atoms with Crippen LogP contribution in [0.25, 0.3) is 11.4 Å². The van der Waals surface area contributed by atoms with E-state index in [2.05, 4.69) is 10.4 Å². The van der Waals surface area contributed by atoms with Gasteiger partial charge in [-0.25, -0.2) is 9.36 Å². The van der Waals surface area contributed by atoms with E-state index >= 15 is 0 Å². The molecule has 0 aliphatic carbocycles. The zero-order valence-electron chi connectivity index (χ0n) is 18.9. The SMILES string of the molecule is Cc1cc(=O)c(C(=O)Nc2c(C)n(C)n(-c3ccccc3)c2=O)nn1-c1cccc(C(F)(F)F)c1. The second-order valence-electron chi connectivity index (χ2n) is 7.85. The number of nitrogens with zero attached hydrogens (tertiary/aromatic N) is 4. The molecular weight excluding hydrogens is 463 g/mol. The van der Waals surface area contributed by atoms with Crippen molar-refractivity contribution in [2.75, 3.05) is 5.32 Å². The lowest BCUT2D eigenvalue weighted by Crippen LogP contribution is -2.29. The number of aryl methyl sites for hydroxylation is 1. The van der Waals surface area contributed by atoms with Gasteiger partial charge in [-0.05, 0) is 44.2 Å². The van der Waals surface area contributed by atoms with E-state index in [1.807, 2.05) is 0 Å². The summed E-state index contributed by atoms with van der Waals surface area (Å²) in [6.45, 7) is 3.11. The van der Waals surface area contributed by atoms with Crippen LogP contribution >= 0.6 is 0 Å². The number of hydrogen-bond acceptors (Lipinski definition) is 4. The molecule has 0 spiro atoms. The van der Waals surface area contributed by atoms with Crippen molar-refractivity contribution in [2.24, 2.45) is 7.05 Å². The van der Waals surface area contributed by atoms with Crippen molar-refractivity contribution in [3.05, 3.63) is 104 Å². The minimum absolute atomic E-state index is 0.0219. The molecule has 4 aromatic rings. The summed E-state index contributed by atoms with van der Waals surface area (Å²) in [4.78, 5) is 38.6. The average molecular weight is 483 g/mol. The van der Waals surface area contributed by atoms with E-state index in [1.165, 1.54) is 23.7 Å². The molecule has 0 bridgehead atoms. The molecule has 2 aromatic carbocycles. The molecule has 0 aliphatic heterocycles. The van der Waals surface area contributed by atoms with Crippen LogP contribution in [0.4, 0.5) is 18.9 Å². The first-order chi connectivity index (χ1) is 16.5. The Balaban J connectivity index is 1.75. The third-order valence-corrected chi connectivity index (χ3v) is 5.53. The molecule has 8 nitrogen and oxygen atoms in total. The van der Waals surface area contributed by atoms with Crippen molar-refractivity contribution >= 4 is 11.6 Å². The van der Waals surface area contributed by atoms with Gasteiger partial charge >= 0.3 is 6.18 Å². The Morgan fingerprint density at radius 1 is 0.943 bits per heavy atom. The topological polar surface area (TPSA) is 90.9 Å². The maximum absolute atomic E-state index is 13.2. The smallest absolute Gasteiger partial charge is 0.314 e. The molecule has 0 saturated carbocycles. The highest BCUT2D eigenvalue weighted by Gasteiger charge is 2.31. The lowest BCUT2D eigenvalue weighted by atomic mass is 10.2. The molecule has 0 unspecified atom stereocenters. The number of benzene rings is 2. The molecule has 0 fully saturated rings. The van der Waals surface area contributed by atoms with Gasteiger partial charge in [-0.1, -0.05) is 24.3 Å². The Labute approximate surface area is 196 Å². The lowest BCUT2D eigenvalue weighted by molar-refractivity contribution is -0.137. The number of nitrogens with one attached hydrogen (secondary N) is 1. The van der Waals surface area contributed by atoms with Crippen LogP contribution in [0.5, 0.6) is 0 Å². The largest absolute Gasteiger partial charge is 0.416 e. The third kappa shape index (κ3) is 4.39. The van der Waals surface area contributed by atoms with Gasteiger partial charge in [0.25, 0.3) is 11.5 Å². The fourth-order valence-electron chi connectivity index (χ4n) is 3.67. The fraction of sp³-hybridized carbons (Fsp3) is 0.167. The van der Waals surface area contributed by atoms with Crippen LogP contribution in [0.3, 0.4) is 0 Å². The fourth-order valence-corrected chi connectivity index (χ4v) is 3.67. The normalized spacial score (nSPS) is 11.5.